The van der Waals surface area contributed by atoms with Gasteiger partial charge in [0.05, 0.1) is 5.69 Å². The molecular formula is C17H20N2O. The monoisotopic (exact) mass is 268 g/mol. The molecule has 2 unspecified atom stereocenters. The number of amides is 2. The largest absolute Gasteiger partial charge is 0.335 e. The second kappa shape index (κ2) is 5.53. The SMILES string of the molecule is CC1CCC(NC(=O)Nc2cccc3ccccc23)C1. The van der Waals surface area contributed by atoms with Crippen LogP contribution in [0.5, 0.6) is 0 Å². The number of hydrogen-bond acceptors (Lipinski definition) is 1. The summed E-state index contributed by atoms with van der Waals surface area (Å²) in [4.78, 5) is 12.1. The quantitative estimate of drug-likeness (QED) is 0.844. The molecule has 104 valence electrons. The molecule has 20 heavy (non-hydrogen) atoms. The van der Waals surface area contributed by atoms with Crippen LogP contribution in [0.1, 0.15) is 26.2 Å². The molecule has 0 saturated heterocycles. The molecule has 0 aliphatic heterocycles. The Morgan fingerprint density at radius 3 is 2.70 bits per heavy atom. The second-order valence-electron chi connectivity index (χ2n) is 5.74. The Bertz CT molecular complexity index is 618. The van der Waals surface area contributed by atoms with Gasteiger partial charge in [0.1, 0.15) is 0 Å². The lowest BCUT2D eigenvalue weighted by Gasteiger charge is -2.14. The van der Waals surface area contributed by atoms with Gasteiger partial charge >= 0.3 is 6.03 Å². The van der Waals surface area contributed by atoms with Crippen molar-refractivity contribution in [2.24, 2.45) is 5.92 Å². The van der Waals surface area contributed by atoms with E-state index in [-0.39, 0.29) is 6.03 Å². The summed E-state index contributed by atoms with van der Waals surface area (Å²) in [5.41, 5.74) is 0.867. The molecule has 1 aliphatic carbocycles. The van der Waals surface area contributed by atoms with E-state index < -0.39 is 0 Å². The third-order valence-corrected chi connectivity index (χ3v) is 4.07. The van der Waals surface area contributed by atoms with Crippen LogP contribution in [0.25, 0.3) is 10.8 Å². The molecule has 2 amide bonds. The van der Waals surface area contributed by atoms with Crippen molar-refractivity contribution < 1.29 is 4.79 Å². The summed E-state index contributed by atoms with van der Waals surface area (Å²) in [7, 11) is 0. The highest BCUT2D eigenvalue weighted by molar-refractivity contribution is 6.01. The molecule has 2 N–H and O–H groups in total. The lowest BCUT2D eigenvalue weighted by molar-refractivity contribution is 0.248. The summed E-state index contributed by atoms with van der Waals surface area (Å²) in [6, 6.07) is 14.3. The van der Waals surface area contributed by atoms with Gasteiger partial charge in [-0.25, -0.2) is 4.79 Å². The molecule has 1 aliphatic rings. The molecule has 0 heterocycles. The normalized spacial score (nSPS) is 21.9. The van der Waals surface area contributed by atoms with Crippen LogP contribution >= 0.6 is 0 Å². The lowest BCUT2D eigenvalue weighted by atomic mass is 10.1. The van der Waals surface area contributed by atoms with Crippen molar-refractivity contribution in [2.75, 3.05) is 5.32 Å². The molecule has 2 atom stereocenters. The average Bonchev–Trinajstić information content (AvgIpc) is 2.84. The van der Waals surface area contributed by atoms with E-state index in [0.29, 0.717) is 6.04 Å². The van der Waals surface area contributed by atoms with Crippen LogP contribution < -0.4 is 10.6 Å². The van der Waals surface area contributed by atoms with Crippen molar-refractivity contribution in [3.05, 3.63) is 42.5 Å². The van der Waals surface area contributed by atoms with Crippen LogP contribution in [0.2, 0.25) is 0 Å². The highest BCUT2D eigenvalue weighted by Gasteiger charge is 2.22. The molecule has 2 aromatic carbocycles. The van der Waals surface area contributed by atoms with E-state index in [9.17, 15) is 4.79 Å². The summed E-state index contributed by atoms with van der Waals surface area (Å²) >= 11 is 0. The fourth-order valence-corrected chi connectivity index (χ4v) is 3.02. The maximum Gasteiger partial charge on any atom is 0.319 e. The molecular weight excluding hydrogens is 248 g/mol. The topological polar surface area (TPSA) is 41.1 Å². The van der Waals surface area contributed by atoms with E-state index in [4.69, 9.17) is 0 Å². The highest BCUT2D eigenvalue weighted by atomic mass is 16.2. The zero-order chi connectivity index (χ0) is 13.9. The van der Waals surface area contributed by atoms with Crippen LogP contribution in [0.4, 0.5) is 10.5 Å². The minimum Gasteiger partial charge on any atom is -0.335 e. The van der Waals surface area contributed by atoms with Crippen molar-refractivity contribution >= 4 is 22.5 Å². The summed E-state index contributed by atoms with van der Waals surface area (Å²) < 4.78 is 0. The molecule has 3 nitrogen and oxygen atoms in total. The number of anilines is 1. The number of fused-ring (bicyclic) bond motifs is 1. The fourth-order valence-electron chi connectivity index (χ4n) is 3.02. The zero-order valence-corrected chi connectivity index (χ0v) is 11.7. The molecule has 3 rings (SSSR count). The number of carbonyl (C=O) groups excluding carboxylic acids is 1. The third kappa shape index (κ3) is 2.77. The molecule has 2 aromatic rings. The molecule has 0 spiro atoms. The van der Waals surface area contributed by atoms with Crippen molar-refractivity contribution in [1.29, 1.82) is 0 Å². The Labute approximate surface area is 119 Å². The van der Waals surface area contributed by atoms with E-state index in [2.05, 4.69) is 29.7 Å². The fraction of sp³-hybridized carbons (Fsp3) is 0.353. The first-order valence-electron chi connectivity index (χ1n) is 7.27. The minimum absolute atomic E-state index is 0.0968. The Morgan fingerprint density at radius 2 is 1.90 bits per heavy atom. The Morgan fingerprint density at radius 1 is 1.10 bits per heavy atom. The van der Waals surface area contributed by atoms with Crippen molar-refractivity contribution in [1.82, 2.24) is 5.32 Å². The van der Waals surface area contributed by atoms with Crippen LogP contribution in [0, 0.1) is 5.92 Å². The van der Waals surface area contributed by atoms with Gasteiger partial charge in [-0.15, -0.1) is 0 Å². The number of carbonyl (C=O) groups is 1. The summed E-state index contributed by atoms with van der Waals surface area (Å²) in [6.07, 6.45) is 3.38. The van der Waals surface area contributed by atoms with Crippen LogP contribution in [-0.4, -0.2) is 12.1 Å². The standard InChI is InChI=1S/C17H20N2O/c1-12-9-10-14(11-12)18-17(20)19-16-8-4-6-13-5-2-3-7-15(13)16/h2-8,12,14H,9-11H2,1H3,(H2,18,19,20). The van der Waals surface area contributed by atoms with E-state index >= 15 is 0 Å². The van der Waals surface area contributed by atoms with Gasteiger partial charge in [0, 0.05) is 11.4 Å². The number of rotatable bonds is 2. The maximum absolute atomic E-state index is 12.1. The van der Waals surface area contributed by atoms with Gasteiger partial charge in [-0.3, -0.25) is 0 Å². The predicted octanol–water partition coefficient (Wildman–Crippen LogP) is 4.15. The number of nitrogens with one attached hydrogen (secondary N) is 2. The van der Waals surface area contributed by atoms with Gasteiger partial charge in [0.25, 0.3) is 0 Å². The van der Waals surface area contributed by atoms with Gasteiger partial charge in [-0.05, 0) is 36.6 Å². The number of benzene rings is 2. The van der Waals surface area contributed by atoms with Crippen molar-refractivity contribution in [3.8, 4) is 0 Å². The van der Waals surface area contributed by atoms with Gasteiger partial charge in [0.15, 0.2) is 0 Å². The van der Waals surface area contributed by atoms with Crippen molar-refractivity contribution in [3.63, 3.8) is 0 Å². The van der Waals surface area contributed by atoms with Gasteiger partial charge in [0.2, 0.25) is 0 Å². The van der Waals surface area contributed by atoms with E-state index in [1.165, 1.54) is 6.42 Å². The lowest BCUT2D eigenvalue weighted by Crippen LogP contribution is -2.36. The van der Waals surface area contributed by atoms with Gasteiger partial charge < -0.3 is 10.6 Å². The zero-order valence-electron chi connectivity index (χ0n) is 11.7. The Kier molecular flexibility index (Phi) is 3.59. The Balaban J connectivity index is 1.71. The van der Waals surface area contributed by atoms with Crippen LogP contribution in [0.3, 0.4) is 0 Å². The molecule has 0 aromatic heterocycles. The molecule has 3 heteroatoms. The van der Waals surface area contributed by atoms with E-state index in [0.717, 1.165) is 35.2 Å². The van der Waals surface area contributed by atoms with Gasteiger partial charge in [-0.2, -0.15) is 0 Å². The van der Waals surface area contributed by atoms with Crippen molar-refractivity contribution in [2.45, 2.75) is 32.2 Å². The first kappa shape index (κ1) is 13.0. The van der Waals surface area contributed by atoms with Gasteiger partial charge in [-0.1, -0.05) is 43.3 Å². The third-order valence-electron chi connectivity index (χ3n) is 4.07. The minimum atomic E-state index is -0.0968. The highest BCUT2D eigenvalue weighted by Crippen LogP contribution is 2.25. The molecule has 0 radical (unpaired) electrons. The van der Waals surface area contributed by atoms with Crippen LogP contribution in [0.15, 0.2) is 42.5 Å². The van der Waals surface area contributed by atoms with Crippen LogP contribution in [-0.2, 0) is 0 Å². The summed E-state index contributed by atoms with van der Waals surface area (Å²) in [5, 5.41) is 8.26. The summed E-state index contributed by atoms with van der Waals surface area (Å²) in [5.74, 6) is 0.720. The molecule has 1 saturated carbocycles. The maximum atomic E-state index is 12.1. The summed E-state index contributed by atoms with van der Waals surface area (Å²) in [6.45, 7) is 2.24. The first-order chi connectivity index (χ1) is 9.72. The first-order valence-corrected chi connectivity index (χ1v) is 7.27. The predicted molar refractivity (Wildman–Crippen MR) is 82.9 cm³/mol. The molecule has 1 fully saturated rings. The van der Waals surface area contributed by atoms with E-state index in [1.54, 1.807) is 0 Å². The second-order valence-corrected chi connectivity index (χ2v) is 5.74. The van der Waals surface area contributed by atoms with E-state index in [1.807, 2.05) is 30.3 Å². The number of hydrogen-bond donors (Lipinski definition) is 2. The Hall–Kier alpha value is -2.03. The average molecular weight is 268 g/mol. The number of urea groups is 1. The smallest absolute Gasteiger partial charge is 0.319 e. The molecule has 0 bridgehead atoms.